The highest BCUT2D eigenvalue weighted by molar-refractivity contribution is 7.07. The van der Waals surface area contributed by atoms with Gasteiger partial charge in [-0.1, -0.05) is 5.21 Å². The van der Waals surface area contributed by atoms with Crippen LogP contribution >= 0.6 is 11.3 Å². The van der Waals surface area contributed by atoms with Crippen LogP contribution in [0, 0.1) is 0 Å². The Balaban J connectivity index is 1.64. The van der Waals surface area contributed by atoms with Gasteiger partial charge in [0.05, 0.1) is 37.4 Å². The predicted octanol–water partition coefficient (Wildman–Crippen LogP) is 0.364. The summed E-state index contributed by atoms with van der Waals surface area (Å²) in [6, 6.07) is -0.370. The van der Waals surface area contributed by atoms with E-state index in [1.807, 2.05) is 0 Å². The Morgan fingerprint density at radius 1 is 1.46 bits per heavy atom. The van der Waals surface area contributed by atoms with Crippen molar-refractivity contribution in [2.24, 2.45) is 0 Å². The van der Waals surface area contributed by atoms with Crippen molar-refractivity contribution >= 4 is 23.2 Å². The van der Waals surface area contributed by atoms with Crippen LogP contribution in [0.2, 0.25) is 0 Å². The van der Waals surface area contributed by atoms with Gasteiger partial charge in [0.25, 0.3) is 11.8 Å². The normalized spacial score (nSPS) is 19.7. The number of hydrogen-bond acceptors (Lipinski definition) is 7. The predicted molar refractivity (Wildman–Crippen MR) is 90.7 cm³/mol. The monoisotopic (exact) mass is 382 g/mol. The molecule has 11 heteroatoms. The first-order valence-corrected chi connectivity index (χ1v) is 9.03. The Morgan fingerprint density at radius 2 is 2.31 bits per heavy atom. The molecule has 2 amide bonds. The SMILES string of the molecule is COCCNC(=O)c1cn(C[C@@H]2C[C@H](F)CN2C(=O)c2cscn2)nn1. The quantitative estimate of drug-likeness (QED) is 0.694. The third kappa shape index (κ3) is 4.22. The molecule has 0 bridgehead atoms. The minimum Gasteiger partial charge on any atom is -0.383 e. The average molecular weight is 382 g/mol. The lowest BCUT2D eigenvalue weighted by Gasteiger charge is -2.23. The van der Waals surface area contributed by atoms with E-state index in [-0.39, 0.29) is 43.1 Å². The molecular weight excluding hydrogens is 363 g/mol. The highest BCUT2D eigenvalue weighted by atomic mass is 32.1. The van der Waals surface area contributed by atoms with Gasteiger partial charge in [0.2, 0.25) is 0 Å². The van der Waals surface area contributed by atoms with Crippen LogP contribution in [0.25, 0.3) is 0 Å². The molecule has 1 aliphatic rings. The lowest BCUT2D eigenvalue weighted by atomic mass is 10.2. The molecule has 1 fully saturated rings. The maximum absolute atomic E-state index is 13.9. The lowest BCUT2D eigenvalue weighted by molar-refractivity contribution is 0.0709. The lowest BCUT2D eigenvalue weighted by Crippen LogP contribution is -2.38. The number of amides is 2. The summed E-state index contributed by atoms with van der Waals surface area (Å²) in [5, 5.41) is 12.0. The minimum absolute atomic E-state index is 0.0279. The fraction of sp³-hybridized carbons (Fsp3) is 0.533. The van der Waals surface area contributed by atoms with E-state index < -0.39 is 6.17 Å². The van der Waals surface area contributed by atoms with Crippen LogP contribution in [0.1, 0.15) is 27.4 Å². The van der Waals surface area contributed by atoms with E-state index in [0.717, 1.165) is 0 Å². The average Bonchev–Trinajstić information content (AvgIpc) is 3.35. The highest BCUT2D eigenvalue weighted by Gasteiger charge is 2.36. The Morgan fingerprint density at radius 3 is 3.04 bits per heavy atom. The third-order valence-corrected chi connectivity index (χ3v) is 4.62. The maximum atomic E-state index is 13.9. The minimum atomic E-state index is -1.09. The summed E-state index contributed by atoms with van der Waals surface area (Å²) in [6.07, 6.45) is 0.604. The van der Waals surface area contributed by atoms with E-state index in [2.05, 4.69) is 20.6 Å². The molecule has 1 N–H and O–H groups in total. The van der Waals surface area contributed by atoms with Crippen molar-refractivity contribution in [3.05, 3.63) is 28.5 Å². The second-order valence-electron chi connectivity index (χ2n) is 5.89. The van der Waals surface area contributed by atoms with Gasteiger partial charge in [-0.05, 0) is 0 Å². The topological polar surface area (TPSA) is 102 Å². The molecule has 0 radical (unpaired) electrons. The third-order valence-electron chi connectivity index (χ3n) is 4.04. The molecule has 0 spiro atoms. The number of nitrogens with zero attached hydrogens (tertiary/aromatic N) is 5. The summed E-state index contributed by atoms with van der Waals surface area (Å²) in [5.74, 6) is -0.660. The van der Waals surface area contributed by atoms with Crippen LogP contribution in [0.5, 0.6) is 0 Å². The molecule has 140 valence electrons. The summed E-state index contributed by atoms with van der Waals surface area (Å²) in [4.78, 5) is 29.9. The second kappa shape index (κ2) is 8.32. The van der Waals surface area contributed by atoms with Crippen molar-refractivity contribution in [1.29, 1.82) is 0 Å². The molecule has 0 aliphatic carbocycles. The highest BCUT2D eigenvalue weighted by Crippen LogP contribution is 2.24. The van der Waals surface area contributed by atoms with Gasteiger partial charge in [-0.25, -0.2) is 14.1 Å². The number of carbonyl (C=O) groups is 2. The molecule has 2 aromatic rings. The van der Waals surface area contributed by atoms with Gasteiger partial charge in [0.1, 0.15) is 11.9 Å². The van der Waals surface area contributed by atoms with Crippen molar-refractivity contribution in [2.45, 2.75) is 25.2 Å². The van der Waals surface area contributed by atoms with Crippen molar-refractivity contribution in [1.82, 2.24) is 30.2 Å². The molecule has 1 aliphatic heterocycles. The molecule has 0 unspecified atom stereocenters. The molecule has 2 atom stereocenters. The number of nitrogens with one attached hydrogen (secondary N) is 1. The zero-order valence-electron chi connectivity index (χ0n) is 14.2. The standard InChI is InChI=1S/C15H19FN6O3S/c1-25-3-2-17-14(23)12-7-21(20-19-12)6-11-4-10(16)5-22(11)15(24)13-8-26-9-18-13/h7-11H,2-6H2,1H3,(H,17,23)/t10-,11-/m0/s1. The number of likely N-dealkylation sites (tertiary alicyclic amines) is 1. The molecule has 9 nitrogen and oxygen atoms in total. The van der Waals surface area contributed by atoms with Gasteiger partial charge in [-0.15, -0.1) is 16.4 Å². The fourth-order valence-electron chi connectivity index (χ4n) is 2.81. The van der Waals surface area contributed by atoms with Gasteiger partial charge >= 0.3 is 0 Å². The summed E-state index contributed by atoms with van der Waals surface area (Å²) >= 11 is 1.31. The van der Waals surface area contributed by atoms with Gasteiger partial charge < -0.3 is 15.0 Å². The van der Waals surface area contributed by atoms with Crippen LogP contribution < -0.4 is 5.32 Å². The van der Waals surface area contributed by atoms with E-state index >= 15 is 0 Å². The summed E-state index contributed by atoms with van der Waals surface area (Å²) < 4.78 is 20.2. The molecule has 0 saturated carbocycles. The number of rotatable bonds is 7. The number of ether oxygens (including phenoxy) is 1. The maximum Gasteiger partial charge on any atom is 0.273 e. The van der Waals surface area contributed by atoms with Crippen molar-refractivity contribution in [2.75, 3.05) is 26.8 Å². The number of hydrogen-bond donors (Lipinski definition) is 1. The van der Waals surface area contributed by atoms with Crippen LogP contribution in [0.15, 0.2) is 17.1 Å². The van der Waals surface area contributed by atoms with Gasteiger partial charge in [-0.3, -0.25) is 9.59 Å². The van der Waals surface area contributed by atoms with Gasteiger partial charge in [0.15, 0.2) is 5.69 Å². The van der Waals surface area contributed by atoms with E-state index in [9.17, 15) is 14.0 Å². The number of methoxy groups -OCH3 is 1. The molecule has 0 aromatic carbocycles. The Bertz CT molecular complexity index is 752. The van der Waals surface area contributed by atoms with E-state index in [1.165, 1.54) is 27.1 Å². The first-order chi connectivity index (χ1) is 12.6. The van der Waals surface area contributed by atoms with Crippen molar-refractivity contribution in [3.8, 4) is 0 Å². The Labute approximate surface area is 153 Å². The molecule has 3 rings (SSSR count). The smallest absolute Gasteiger partial charge is 0.273 e. The first-order valence-electron chi connectivity index (χ1n) is 8.09. The van der Waals surface area contributed by atoms with Gasteiger partial charge in [0, 0.05) is 25.5 Å². The summed E-state index contributed by atoms with van der Waals surface area (Å²) in [7, 11) is 1.54. The largest absolute Gasteiger partial charge is 0.383 e. The zero-order valence-corrected chi connectivity index (χ0v) is 15.0. The van der Waals surface area contributed by atoms with Crippen molar-refractivity contribution in [3.63, 3.8) is 0 Å². The van der Waals surface area contributed by atoms with E-state index in [4.69, 9.17) is 4.74 Å². The van der Waals surface area contributed by atoms with Gasteiger partial charge in [-0.2, -0.15) is 0 Å². The molecule has 1 saturated heterocycles. The molecule has 26 heavy (non-hydrogen) atoms. The van der Waals surface area contributed by atoms with Crippen LogP contribution in [0.4, 0.5) is 4.39 Å². The Kier molecular flexibility index (Phi) is 5.89. The van der Waals surface area contributed by atoms with Crippen LogP contribution in [0.3, 0.4) is 0 Å². The van der Waals surface area contributed by atoms with Crippen LogP contribution in [-0.2, 0) is 11.3 Å². The summed E-state index contributed by atoms with van der Waals surface area (Å²) in [6.45, 7) is 1.05. The fourth-order valence-corrected chi connectivity index (χ4v) is 3.34. The Hall–Kier alpha value is -2.40. The second-order valence-corrected chi connectivity index (χ2v) is 6.61. The molecule has 3 heterocycles. The molecular formula is C15H19FN6O3S. The van der Waals surface area contributed by atoms with E-state index in [0.29, 0.717) is 18.8 Å². The number of halogens is 1. The van der Waals surface area contributed by atoms with Crippen LogP contribution in [-0.4, -0.2) is 75.7 Å². The zero-order chi connectivity index (χ0) is 18.5. The number of alkyl halides is 1. The first kappa shape index (κ1) is 18.4. The summed E-state index contributed by atoms with van der Waals surface area (Å²) in [5.41, 5.74) is 2.04. The number of carbonyl (C=O) groups excluding carboxylic acids is 2. The number of aromatic nitrogens is 4. The van der Waals surface area contributed by atoms with Crippen molar-refractivity contribution < 1.29 is 18.7 Å². The van der Waals surface area contributed by atoms with E-state index in [1.54, 1.807) is 18.0 Å². The molecule has 2 aromatic heterocycles. The number of thiazole rings is 1.